The normalized spacial score (nSPS) is 17.9. The molecule has 3 aromatic carbocycles. The number of Topliss-reactive ketones (excluding diaryl/α,β-unsaturated/α-hetero) is 1. The van der Waals surface area contributed by atoms with Gasteiger partial charge in [0.1, 0.15) is 23.0 Å². The molecular weight excluding hydrogens is 925 g/mol. The number of ketones is 3. The van der Waals surface area contributed by atoms with Gasteiger partial charge in [0.25, 0.3) is 10.1 Å². The smallest absolute Gasteiger partial charge is 0.296 e. The quantitative estimate of drug-likeness (QED) is 0.0466. The zero-order valence-corrected chi connectivity index (χ0v) is 39.8. The van der Waals surface area contributed by atoms with Crippen LogP contribution in [0.25, 0.3) is 0 Å². The van der Waals surface area contributed by atoms with Crippen LogP contribution in [0.1, 0.15) is 92.6 Å². The SMILES string of the molecule is CC(N)C(=O)NC(C)C(=O)C1CCCC1C(=O)NC(C(=O)NC(C)C(=O)NC(C)C(=O)NCCS(=O)(=O)c1cccc(Nc2cc(S(=O)(=O)O)c(N)c3c2C(=O)c2ccccc2C3=O)c1)C(C)C. The Morgan fingerprint density at radius 2 is 1.28 bits per heavy atom. The second kappa shape index (κ2) is 21.2. The molecule has 23 heteroatoms. The van der Waals surface area contributed by atoms with Gasteiger partial charge in [-0.15, -0.1) is 0 Å². The molecule has 1 saturated carbocycles. The fourth-order valence-electron chi connectivity index (χ4n) is 8.03. The Morgan fingerprint density at radius 3 is 1.88 bits per heavy atom. The van der Waals surface area contributed by atoms with Crippen LogP contribution in [0.4, 0.5) is 17.1 Å². The fourth-order valence-corrected chi connectivity index (χ4v) is 9.87. The van der Waals surface area contributed by atoms with E-state index in [0.29, 0.717) is 19.3 Å². The van der Waals surface area contributed by atoms with Gasteiger partial charge in [0.15, 0.2) is 27.2 Å². The zero-order chi connectivity index (χ0) is 50.6. The van der Waals surface area contributed by atoms with Gasteiger partial charge in [0, 0.05) is 35.2 Å². The molecule has 3 aromatic rings. The van der Waals surface area contributed by atoms with E-state index in [0.717, 1.165) is 6.07 Å². The van der Waals surface area contributed by atoms with E-state index in [4.69, 9.17) is 11.5 Å². The molecule has 0 aromatic heterocycles. The number of hydrogen-bond acceptors (Lipinski definition) is 15. The molecule has 7 unspecified atom stereocenters. The Kier molecular flexibility index (Phi) is 16.3. The number of hydrogen-bond donors (Lipinski definition) is 9. The molecule has 366 valence electrons. The summed E-state index contributed by atoms with van der Waals surface area (Å²) in [5, 5.41) is 15.5. The Bertz CT molecular complexity index is 2780. The summed E-state index contributed by atoms with van der Waals surface area (Å²) >= 11 is 0. The van der Waals surface area contributed by atoms with Crippen LogP contribution in [0.15, 0.2) is 64.4 Å². The number of fused-ring (bicyclic) bond motifs is 2. The average Bonchev–Trinajstić information content (AvgIpc) is 3.77. The van der Waals surface area contributed by atoms with Crippen molar-refractivity contribution in [3.63, 3.8) is 0 Å². The third kappa shape index (κ3) is 11.8. The van der Waals surface area contributed by atoms with Gasteiger partial charge >= 0.3 is 0 Å². The van der Waals surface area contributed by atoms with Gasteiger partial charge in [-0.05, 0) is 70.7 Å². The first-order valence-corrected chi connectivity index (χ1v) is 24.8. The van der Waals surface area contributed by atoms with Crippen LogP contribution in [-0.4, -0.2) is 111 Å². The lowest BCUT2D eigenvalue weighted by molar-refractivity contribution is -0.137. The summed E-state index contributed by atoms with van der Waals surface area (Å²) < 4.78 is 61.5. The molecule has 5 amide bonds. The van der Waals surface area contributed by atoms with Crippen molar-refractivity contribution in [2.24, 2.45) is 23.5 Å². The Labute approximate surface area is 393 Å². The van der Waals surface area contributed by atoms with E-state index in [-0.39, 0.29) is 38.7 Å². The molecule has 0 radical (unpaired) electrons. The molecule has 7 atom stereocenters. The molecular formula is C45H56N8O13S2. The summed E-state index contributed by atoms with van der Waals surface area (Å²) in [6.45, 7) is 8.66. The van der Waals surface area contributed by atoms with Crippen LogP contribution in [-0.2, 0) is 48.7 Å². The number of nitrogen functional groups attached to an aromatic ring is 1. The highest BCUT2D eigenvalue weighted by Gasteiger charge is 2.42. The van der Waals surface area contributed by atoms with E-state index in [1.54, 1.807) is 13.8 Å². The first-order valence-electron chi connectivity index (χ1n) is 21.8. The minimum Gasteiger partial charge on any atom is -0.397 e. The van der Waals surface area contributed by atoms with Crippen molar-refractivity contribution in [1.29, 1.82) is 0 Å². The summed E-state index contributed by atoms with van der Waals surface area (Å²) in [4.78, 5) is 104. The number of rotatable bonds is 19. The first-order chi connectivity index (χ1) is 31.7. The number of carbonyl (C=O) groups is 8. The lowest BCUT2D eigenvalue weighted by Crippen LogP contribution is -2.57. The minimum absolute atomic E-state index is 0.0163. The molecule has 0 saturated heterocycles. The summed E-state index contributed by atoms with van der Waals surface area (Å²) in [6.07, 6.45) is 1.39. The van der Waals surface area contributed by atoms with Gasteiger partial charge in [0.2, 0.25) is 29.5 Å². The maximum absolute atomic E-state index is 13.7. The van der Waals surface area contributed by atoms with E-state index in [1.165, 1.54) is 76.2 Å². The Balaban J connectivity index is 1.17. The number of nitrogens with two attached hydrogens (primary N) is 2. The molecule has 11 N–H and O–H groups in total. The third-order valence-electron chi connectivity index (χ3n) is 11.8. The molecule has 68 heavy (non-hydrogen) atoms. The van der Waals surface area contributed by atoms with Crippen LogP contribution in [0.5, 0.6) is 0 Å². The highest BCUT2D eigenvalue weighted by atomic mass is 32.2. The molecule has 2 aliphatic rings. The van der Waals surface area contributed by atoms with E-state index in [2.05, 4.69) is 31.9 Å². The lowest BCUT2D eigenvalue weighted by Gasteiger charge is -2.27. The van der Waals surface area contributed by atoms with E-state index >= 15 is 0 Å². The Morgan fingerprint density at radius 1 is 0.706 bits per heavy atom. The topological polar surface area (TPSA) is 349 Å². The van der Waals surface area contributed by atoms with Gasteiger partial charge in [-0.3, -0.25) is 42.9 Å². The number of sulfone groups is 1. The second-order valence-electron chi connectivity index (χ2n) is 17.3. The standard InChI is InChI=1S/C45H56N8O13S2/c1-21(2)37(53-44(60)31-16-10-15-30(31)38(54)23(4)49-41(57)22(3)46)45(61)51-25(6)43(59)50-24(5)42(58)48-17-18-67(62,63)27-12-9-11-26(19-27)52-32-20-33(68(64,65)66)36(47)35-34(32)39(55)28-13-7-8-14-29(28)40(35)56/h7-9,11-14,19-25,30-31,37,52H,10,15-18,46-47H2,1-6H3,(H,48,58)(H,49,57)(H,50,59)(H,51,61)(H,53,60)(H,64,65,66). The Hall–Kier alpha value is -6.56. The summed E-state index contributed by atoms with van der Waals surface area (Å²) in [5.41, 5.74) is 10.0. The molecule has 5 rings (SSSR count). The highest BCUT2D eigenvalue weighted by Crippen LogP contribution is 2.40. The second-order valence-corrected chi connectivity index (χ2v) is 20.8. The van der Waals surface area contributed by atoms with Gasteiger partial charge in [-0.2, -0.15) is 8.42 Å². The van der Waals surface area contributed by atoms with Gasteiger partial charge in [0.05, 0.1) is 45.2 Å². The highest BCUT2D eigenvalue weighted by molar-refractivity contribution is 7.91. The van der Waals surface area contributed by atoms with Crippen LogP contribution >= 0.6 is 0 Å². The van der Waals surface area contributed by atoms with E-state index < -0.39 is 137 Å². The molecule has 21 nitrogen and oxygen atoms in total. The maximum atomic E-state index is 13.7. The predicted molar refractivity (Wildman–Crippen MR) is 248 cm³/mol. The van der Waals surface area contributed by atoms with Crippen molar-refractivity contribution in [2.75, 3.05) is 23.3 Å². The van der Waals surface area contributed by atoms with Gasteiger partial charge in [-0.25, -0.2) is 8.42 Å². The number of nitrogens with one attached hydrogen (secondary N) is 6. The largest absolute Gasteiger partial charge is 0.397 e. The van der Waals surface area contributed by atoms with Crippen molar-refractivity contribution in [2.45, 2.75) is 101 Å². The maximum Gasteiger partial charge on any atom is 0.296 e. The van der Waals surface area contributed by atoms with E-state index in [1.807, 2.05) is 0 Å². The van der Waals surface area contributed by atoms with Crippen LogP contribution in [0.3, 0.4) is 0 Å². The third-order valence-corrected chi connectivity index (χ3v) is 14.4. The molecule has 0 aliphatic heterocycles. The number of anilines is 3. The fraction of sp³-hybridized carbons (Fsp3) is 0.422. The summed E-state index contributed by atoms with van der Waals surface area (Å²) in [6, 6.07) is 6.65. The van der Waals surface area contributed by atoms with Crippen molar-refractivity contribution in [3.8, 4) is 0 Å². The predicted octanol–water partition coefficient (Wildman–Crippen LogP) is 0.912. The molecule has 0 spiro atoms. The zero-order valence-electron chi connectivity index (χ0n) is 38.2. The van der Waals surface area contributed by atoms with Crippen molar-refractivity contribution < 1.29 is 59.7 Å². The summed E-state index contributed by atoms with van der Waals surface area (Å²) in [7, 11) is -9.16. The number of benzene rings is 3. The van der Waals surface area contributed by atoms with Crippen LogP contribution in [0.2, 0.25) is 0 Å². The average molecular weight is 981 g/mol. The van der Waals surface area contributed by atoms with Crippen molar-refractivity contribution >= 4 is 83.9 Å². The number of amides is 5. The van der Waals surface area contributed by atoms with Crippen LogP contribution in [0, 0.1) is 17.8 Å². The monoisotopic (exact) mass is 980 g/mol. The van der Waals surface area contributed by atoms with Crippen molar-refractivity contribution in [1.82, 2.24) is 26.6 Å². The molecule has 2 aliphatic carbocycles. The van der Waals surface area contributed by atoms with E-state index in [9.17, 15) is 59.7 Å². The number of carbonyl (C=O) groups excluding carboxylic acids is 8. The molecule has 0 bridgehead atoms. The lowest BCUT2D eigenvalue weighted by atomic mass is 9.82. The van der Waals surface area contributed by atoms with Gasteiger partial charge < -0.3 is 43.4 Å². The summed E-state index contributed by atoms with van der Waals surface area (Å²) in [5.74, 6) is -7.52. The van der Waals surface area contributed by atoms with Gasteiger partial charge in [-0.1, -0.05) is 50.6 Å². The van der Waals surface area contributed by atoms with Crippen LogP contribution < -0.4 is 43.4 Å². The molecule has 0 heterocycles. The van der Waals surface area contributed by atoms with Crippen molar-refractivity contribution in [3.05, 3.63) is 76.9 Å². The molecule has 1 fully saturated rings. The minimum atomic E-state index is -5.02. The first kappa shape index (κ1) is 52.4.